The molecule has 23 heavy (non-hydrogen) atoms. The molecule has 8 nitrogen and oxygen atoms in total. The zero-order valence-corrected chi connectivity index (χ0v) is 14.1. The van der Waals surface area contributed by atoms with Crippen molar-refractivity contribution in [1.29, 1.82) is 0 Å². The fourth-order valence-corrected chi connectivity index (χ4v) is 3.40. The lowest BCUT2D eigenvalue weighted by atomic mass is 10.3. The van der Waals surface area contributed by atoms with Gasteiger partial charge in [-0.1, -0.05) is 24.6 Å². The minimum Gasteiger partial charge on any atom is -0.444 e. The molecule has 2 aromatic heterocycles. The molecule has 0 radical (unpaired) electrons. The molecular formula is C14H20N6O2S. The van der Waals surface area contributed by atoms with Gasteiger partial charge in [0.25, 0.3) is 0 Å². The summed E-state index contributed by atoms with van der Waals surface area (Å²) in [5, 5.41) is 15.3. The van der Waals surface area contributed by atoms with Crippen LogP contribution in [0.2, 0.25) is 0 Å². The molecule has 2 heterocycles. The summed E-state index contributed by atoms with van der Waals surface area (Å²) in [6.07, 6.45) is 4.63. The first-order valence-electron chi connectivity index (χ1n) is 7.73. The smallest absolute Gasteiger partial charge is 0.230 e. The summed E-state index contributed by atoms with van der Waals surface area (Å²) in [6, 6.07) is 0.369. The number of hydrogen-bond donors (Lipinski definition) is 1. The maximum Gasteiger partial charge on any atom is 0.230 e. The van der Waals surface area contributed by atoms with Crippen LogP contribution in [0.3, 0.4) is 0 Å². The first-order valence-corrected chi connectivity index (χ1v) is 8.72. The van der Waals surface area contributed by atoms with E-state index in [2.05, 4.69) is 25.8 Å². The Kier molecular flexibility index (Phi) is 4.94. The summed E-state index contributed by atoms with van der Waals surface area (Å²) in [5.41, 5.74) is 0.847. The molecule has 1 fully saturated rings. The second-order valence-corrected chi connectivity index (χ2v) is 6.60. The molecule has 1 saturated carbocycles. The summed E-state index contributed by atoms with van der Waals surface area (Å²) >= 11 is 1.36. The quantitative estimate of drug-likeness (QED) is 0.803. The average molecular weight is 336 g/mol. The van der Waals surface area contributed by atoms with Crippen molar-refractivity contribution in [2.24, 2.45) is 0 Å². The molecule has 1 aliphatic carbocycles. The first kappa shape index (κ1) is 16.0. The molecule has 9 heteroatoms. The number of nitrogens with one attached hydrogen (secondary N) is 1. The predicted octanol–water partition coefficient (Wildman–Crippen LogP) is 1.80. The summed E-state index contributed by atoms with van der Waals surface area (Å²) < 4.78 is 7.29. The highest BCUT2D eigenvalue weighted by Crippen LogP contribution is 2.31. The Morgan fingerprint density at radius 1 is 1.39 bits per heavy atom. The second-order valence-electron chi connectivity index (χ2n) is 5.66. The number of hydrogen-bond acceptors (Lipinski definition) is 7. The van der Waals surface area contributed by atoms with E-state index in [1.165, 1.54) is 24.6 Å². The van der Waals surface area contributed by atoms with Gasteiger partial charge in [0.15, 0.2) is 0 Å². The van der Waals surface area contributed by atoms with Crippen LogP contribution in [0.1, 0.15) is 49.1 Å². The van der Waals surface area contributed by atoms with Crippen LogP contribution in [0.4, 0.5) is 0 Å². The fourth-order valence-electron chi connectivity index (χ4n) is 2.63. The fraction of sp³-hybridized carbons (Fsp3) is 0.643. The number of carbonyl (C=O) groups is 1. The number of aryl methyl sites for hydroxylation is 2. The molecule has 1 N–H and O–H groups in total. The van der Waals surface area contributed by atoms with Gasteiger partial charge in [-0.15, -0.1) is 5.10 Å². The molecule has 0 atom stereocenters. The minimum atomic E-state index is -0.0931. The van der Waals surface area contributed by atoms with Gasteiger partial charge in [-0.05, 0) is 37.1 Å². The topological polar surface area (TPSA) is 98.7 Å². The van der Waals surface area contributed by atoms with E-state index in [1.54, 1.807) is 0 Å². The monoisotopic (exact) mass is 336 g/mol. The van der Waals surface area contributed by atoms with Gasteiger partial charge in [0.2, 0.25) is 17.0 Å². The van der Waals surface area contributed by atoms with Gasteiger partial charge < -0.3 is 9.73 Å². The van der Waals surface area contributed by atoms with E-state index in [-0.39, 0.29) is 11.7 Å². The van der Waals surface area contributed by atoms with Gasteiger partial charge >= 0.3 is 0 Å². The number of oxazole rings is 1. The third-order valence-electron chi connectivity index (χ3n) is 3.98. The molecule has 0 saturated heterocycles. The van der Waals surface area contributed by atoms with Crippen LogP contribution in [0.5, 0.6) is 0 Å². The summed E-state index contributed by atoms with van der Waals surface area (Å²) in [7, 11) is 0. The van der Waals surface area contributed by atoms with Crippen LogP contribution in [-0.4, -0.2) is 36.9 Å². The molecule has 1 amide bonds. The summed E-state index contributed by atoms with van der Waals surface area (Å²) in [6.45, 7) is 4.02. The molecule has 3 rings (SSSR count). The Morgan fingerprint density at radius 3 is 2.87 bits per heavy atom. The Hall–Kier alpha value is -1.90. The number of aromatic nitrogens is 5. The Labute approximate surface area is 138 Å². The van der Waals surface area contributed by atoms with E-state index >= 15 is 0 Å². The number of amides is 1. The van der Waals surface area contributed by atoms with E-state index in [9.17, 15) is 4.79 Å². The van der Waals surface area contributed by atoms with Crippen LogP contribution in [-0.2, 0) is 11.3 Å². The van der Waals surface area contributed by atoms with Gasteiger partial charge in [-0.25, -0.2) is 9.67 Å². The standard InChI is InChI=1S/C14H20N6O2S/c1-9-10(2)22-13(16-9)7-15-12(21)8-23-14-17-18-19-20(14)11-5-3-4-6-11/h11H,3-8H2,1-2H3,(H,15,21). The highest BCUT2D eigenvalue weighted by Gasteiger charge is 2.22. The molecule has 124 valence electrons. The Balaban J connectivity index is 1.48. The third-order valence-corrected chi connectivity index (χ3v) is 4.91. The van der Waals surface area contributed by atoms with Crippen molar-refractivity contribution in [2.45, 2.75) is 57.3 Å². The van der Waals surface area contributed by atoms with Crippen molar-refractivity contribution < 1.29 is 9.21 Å². The molecular weight excluding hydrogens is 316 g/mol. The van der Waals surface area contributed by atoms with Gasteiger partial charge in [0, 0.05) is 0 Å². The Morgan fingerprint density at radius 2 is 2.17 bits per heavy atom. The van der Waals surface area contributed by atoms with Crippen LogP contribution < -0.4 is 5.32 Å². The molecule has 2 aromatic rings. The number of rotatable bonds is 6. The normalized spacial score (nSPS) is 15.2. The zero-order chi connectivity index (χ0) is 16.2. The van der Waals surface area contributed by atoms with E-state index < -0.39 is 0 Å². The highest BCUT2D eigenvalue weighted by atomic mass is 32.2. The molecule has 0 bridgehead atoms. The van der Waals surface area contributed by atoms with Gasteiger partial charge in [-0.3, -0.25) is 4.79 Å². The van der Waals surface area contributed by atoms with Crippen LogP contribution in [0, 0.1) is 13.8 Å². The van der Waals surface area contributed by atoms with E-state index in [1.807, 2.05) is 18.5 Å². The molecule has 0 aromatic carbocycles. The molecule has 0 unspecified atom stereocenters. The van der Waals surface area contributed by atoms with Crippen LogP contribution >= 0.6 is 11.8 Å². The molecule has 0 spiro atoms. The Bertz CT molecular complexity index is 657. The lowest BCUT2D eigenvalue weighted by Gasteiger charge is -2.10. The van der Waals surface area contributed by atoms with E-state index in [4.69, 9.17) is 4.42 Å². The maximum absolute atomic E-state index is 12.0. The summed E-state index contributed by atoms with van der Waals surface area (Å²) in [4.78, 5) is 16.2. The minimum absolute atomic E-state index is 0.0931. The summed E-state index contributed by atoms with van der Waals surface area (Å²) in [5.74, 6) is 1.48. The van der Waals surface area contributed by atoms with E-state index in [0.717, 1.165) is 24.3 Å². The predicted molar refractivity (Wildman–Crippen MR) is 83.9 cm³/mol. The average Bonchev–Trinajstić information content (AvgIpc) is 3.24. The van der Waals surface area contributed by atoms with Crippen molar-refractivity contribution in [3.8, 4) is 0 Å². The van der Waals surface area contributed by atoms with Gasteiger partial charge in [-0.2, -0.15) is 0 Å². The number of tetrazole rings is 1. The highest BCUT2D eigenvalue weighted by molar-refractivity contribution is 7.99. The second kappa shape index (κ2) is 7.12. The molecule has 0 aliphatic heterocycles. The van der Waals surface area contributed by atoms with Gasteiger partial charge in [0.05, 0.1) is 24.0 Å². The lowest BCUT2D eigenvalue weighted by Crippen LogP contribution is -2.25. The lowest BCUT2D eigenvalue weighted by molar-refractivity contribution is -0.118. The van der Waals surface area contributed by atoms with Crippen molar-refractivity contribution in [2.75, 3.05) is 5.75 Å². The zero-order valence-electron chi connectivity index (χ0n) is 13.3. The van der Waals surface area contributed by atoms with Crippen LogP contribution in [0.15, 0.2) is 9.57 Å². The first-order chi connectivity index (χ1) is 11.1. The SMILES string of the molecule is Cc1nc(CNC(=O)CSc2nnnn2C2CCCC2)oc1C. The third kappa shape index (κ3) is 3.90. The van der Waals surface area contributed by atoms with Crippen molar-refractivity contribution in [1.82, 2.24) is 30.5 Å². The number of nitrogens with zero attached hydrogens (tertiary/aromatic N) is 5. The van der Waals surface area contributed by atoms with E-state index in [0.29, 0.717) is 23.6 Å². The van der Waals surface area contributed by atoms with Crippen molar-refractivity contribution in [3.63, 3.8) is 0 Å². The number of thioether (sulfide) groups is 1. The maximum atomic E-state index is 12.0. The van der Waals surface area contributed by atoms with Crippen molar-refractivity contribution >= 4 is 17.7 Å². The van der Waals surface area contributed by atoms with Gasteiger partial charge in [0.1, 0.15) is 5.76 Å². The van der Waals surface area contributed by atoms with Crippen LogP contribution in [0.25, 0.3) is 0 Å². The molecule has 1 aliphatic rings. The van der Waals surface area contributed by atoms with Crippen molar-refractivity contribution in [3.05, 3.63) is 17.3 Å². The largest absolute Gasteiger partial charge is 0.444 e. The number of carbonyl (C=O) groups excluding carboxylic acids is 1.